The predicted molar refractivity (Wildman–Crippen MR) is 141 cm³/mol. The van der Waals surface area contributed by atoms with Crippen molar-refractivity contribution in [1.82, 2.24) is 20.9 Å². The fraction of sp³-hybridized carbons (Fsp3) is 0.333. The second-order valence-corrected chi connectivity index (χ2v) is 10.1. The van der Waals surface area contributed by atoms with Gasteiger partial charge in [-0.2, -0.15) is 0 Å². The van der Waals surface area contributed by atoms with E-state index in [4.69, 9.17) is 0 Å². The summed E-state index contributed by atoms with van der Waals surface area (Å²) in [5.41, 5.74) is 2.54. The van der Waals surface area contributed by atoms with Crippen LogP contribution in [0.4, 0.5) is 5.13 Å². The number of carbonyl (C=O) groups is 2. The zero-order valence-electron chi connectivity index (χ0n) is 18.9. The maximum Gasteiger partial charge on any atom is 0.251 e. The lowest BCUT2D eigenvalue weighted by Gasteiger charge is -2.15. The van der Waals surface area contributed by atoms with Crippen LogP contribution in [0.1, 0.15) is 35.7 Å². The van der Waals surface area contributed by atoms with Crippen LogP contribution in [0.25, 0.3) is 10.2 Å². The number of nitrogens with zero attached hydrogens (tertiary/aromatic N) is 2. The van der Waals surface area contributed by atoms with Crippen molar-refractivity contribution in [3.8, 4) is 0 Å². The van der Waals surface area contributed by atoms with Crippen molar-refractivity contribution < 1.29 is 9.59 Å². The van der Waals surface area contributed by atoms with Gasteiger partial charge in [0.15, 0.2) is 11.1 Å². The molecule has 0 radical (unpaired) electrons. The summed E-state index contributed by atoms with van der Waals surface area (Å²) in [7, 11) is 0. The zero-order chi connectivity index (χ0) is 23.9. The molecule has 1 aromatic heterocycles. The molecule has 4 N–H and O–H groups in total. The molecule has 2 heterocycles. The highest BCUT2D eigenvalue weighted by Crippen LogP contribution is 2.28. The number of anilines is 1. The molecular formula is C24H27BrN6O2S. The Bertz CT molecular complexity index is 1190. The van der Waals surface area contributed by atoms with E-state index in [-0.39, 0.29) is 17.9 Å². The van der Waals surface area contributed by atoms with Crippen molar-refractivity contribution in [3.05, 3.63) is 58.1 Å². The quantitative estimate of drug-likeness (QED) is 0.347. The van der Waals surface area contributed by atoms with Gasteiger partial charge >= 0.3 is 0 Å². The lowest BCUT2D eigenvalue weighted by molar-refractivity contribution is -0.119. The van der Waals surface area contributed by atoms with Crippen LogP contribution in [0.3, 0.4) is 0 Å². The molecule has 2 aromatic carbocycles. The third-order valence-electron chi connectivity index (χ3n) is 5.30. The predicted octanol–water partition coefficient (Wildman–Crippen LogP) is 3.69. The number of carbonyl (C=O) groups excluding carboxylic acids is 2. The fourth-order valence-electron chi connectivity index (χ4n) is 3.46. The molecule has 8 nitrogen and oxygen atoms in total. The molecule has 0 bridgehead atoms. The summed E-state index contributed by atoms with van der Waals surface area (Å²) in [5.74, 6) is 0.355. The van der Waals surface area contributed by atoms with E-state index in [9.17, 15) is 9.59 Å². The van der Waals surface area contributed by atoms with Gasteiger partial charge in [-0.3, -0.25) is 19.9 Å². The van der Waals surface area contributed by atoms with Gasteiger partial charge in [0, 0.05) is 42.1 Å². The highest BCUT2D eigenvalue weighted by molar-refractivity contribution is 9.10. The first-order chi connectivity index (χ1) is 16.5. The summed E-state index contributed by atoms with van der Waals surface area (Å²) in [6.07, 6.45) is 1.94. The molecule has 1 atom stereocenters. The fourth-order valence-corrected chi connectivity index (χ4v) is 4.99. The molecule has 34 heavy (non-hydrogen) atoms. The van der Waals surface area contributed by atoms with E-state index in [1.165, 1.54) is 0 Å². The van der Waals surface area contributed by atoms with Crippen molar-refractivity contribution in [3.63, 3.8) is 0 Å². The SMILES string of the molecule is C[C@H](CNC(=O)c1ccc(CCC(=O)NC2=NCCCN2)cc1)Nc1nc2ccc(Br)cc2s1. The molecule has 0 aliphatic carbocycles. The maximum atomic E-state index is 12.5. The highest BCUT2D eigenvalue weighted by Gasteiger charge is 2.12. The lowest BCUT2D eigenvalue weighted by Crippen LogP contribution is -2.43. The Hall–Kier alpha value is -2.98. The average molecular weight is 543 g/mol. The van der Waals surface area contributed by atoms with E-state index >= 15 is 0 Å². The molecule has 0 saturated heterocycles. The van der Waals surface area contributed by atoms with Crippen LogP contribution in [-0.2, 0) is 11.2 Å². The minimum absolute atomic E-state index is 0.0222. The van der Waals surface area contributed by atoms with E-state index in [2.05, 4.69) is 47.2 Å². The second-order valence-electron chi connectivity index (χ2n) is 8.14. The average Bonchev–Trinajstić information content (AvgIpc) is 3.23. The molecule has 0 unspecified atom stereocenters. The van der Waals surface area contributed by atoms with E-state index < -0.39 is 0 Å². The smallest absolute Gasteiger partial charge is 0.251 e. The number of halogens is 1. The first-order valence-electron chi connectivity index (χ1n) is 11.2. The van der Waals surface area contributed by atoms with Gasteiger partial charge in [0.25, 0.3) is 5.91 Å². The zero-order valence-corrected chi connectivity index (χ0v) is 21.3. The summed E-state index contributed by atoms with van der Waals surface area (Å²) in [6.45, 7) is 4.04. The Labute approximate surface area is 210 Å². The van der Waals surface area contributed by atoms with Crippen molar-refractivity contribution in [2.75, 3.05) is 25.0 Å². The van der Waals surface area contributed by atoms with Gasteiger partial charge in [0.2, 0.25) is 5.91 Å². The molecule has 1 aliphatic heterocycles. The van der Waals surface area contributed by atoms with Crippen LogP contribution in [-0.4, -0.2) is 48.4 Å². The number of hydrogen-bond donors (Lipinski definition) is 4. The minimum Gasteiger partial charge on any atom is -0.357 e. The number of aryl methyl sites for hydroxylation is 1. The Morgan fingerprint density at radius 3 is 2.79 bits per heavy atom. The minimum atomic E-state index is -0.132. The number of aliphatic imine (C=N–C) groups is 1. The molecule has 3 aromatic rings. The molecule has 0 saturated carbocycles. The van der Waals surface area contributed by atoms with Gasteiger partial charge in [-0.05, 0) is 55.7 Å². The van der Waals surface area contributed by atoms with Crippen molar-refractivity contribution in [2.45, 2.75) is 32.2 Å². The summed E-state index contributed by atoms with van der Waals surface area (Å²) < 4.78 is 2.13. The second kappa shape index (κ2) is 11.4. The topological polar surface area (TPSA) is 108 Å². The first kappa shape index (κ1) is 24.2. The summed E-state index contributed by atoms with van der Waals surface area (Å²) in [4.78, 5) is 33.5. The van der Waals surface area contributed by atoms with Crippen LogP contribution in [0, 0.1) is 0 Å². The van der Waals surface area contributed by atoms with Gasteiger partial charge < -0.3 is 16.0 Å². The third-order valence-corrected chi connectivity index (χ3v) is 6.74. The number of guanidine groups is 1. The van der Waals surface area contributed by atoms with Crippen LogP contribution in [0.2, 0.25) is 0 Å². The van der Waals surface area contributed by atoms with Gasteiger partial charge in [-0.1, -0.05) is 39.4 Å². The number of hydrogen-bond acceptors (Lipinski definition) is 7. The number of thiazole rings is 1. The third kappa shape index (κ3) is 6.77. The Morgan fingerprint density at radius 2 is 2.03 bits per heavy atom. The Balaban J connectivity index is 1.21. The maximum absolute atomic E-state index is 12.5. The number of nitrogens with one attached hydrogen (secondary N) is 4. The molecule has 0 spiro atoms. The number of aromatic nitrogens is 1. The number of rotatable bonds is 8. The molecule has 2 amide bonds. The highest BCUT2D eigenvalue weighted by atomic mass is 79.9. The van der Waals surface area contributed by atoms with Gasteiger partial charge in [0.1, 0.15) is 0 Å². The van der Waals surface area contributed by atoms with Crippen LogP contribution < -0.4 is 21.3 Å². The number of fused-ring (bicyclic) bond motifs is 1. The van der Waals surface area contributed by atoms with Crippen molar-refractivity contribution in [2.24, 2.45) is 4.99 Å². The largest absolute Gasteiger partial charge is 0.357 e. The molecule has 4 rings (SSSR count). The van der Waals surface area contributed by atoms with E-state index in [1.54, 1.807) is 23.5 Å². The molecule has 1 aliphatic rings. The number of benzene rings is 2. The van der Waals surface area contributed by atoms with Crippen molar-refractivity contribution in [1.29, 1.82) is 0 Å². The van der Waals surface area contributed by atoms with E-state index in [0.717, 1.165) is 44.9 Å². The van der Waals surface area contributed by atoms with Gasteiger partial charge in [-0.15, -0.1) is 0 Å². The van der Waals surface area contributed by atoms with E-state index in [1.807, 2.05) is 37.3 Å². The van der Waals surface area contributed by atoms with Crippen molar-refractivity contribution >= 4 is 60.4 Å². The number of amides is 2. The van der Waals surface area contributed by atoms with Crippen LogP contribution >= 0.6 is 27.3 Å². The lowest BCUT2D eigenvalue weighted by atomic mass is 10.1. The molecular weight excluding hydrogens is 516 g/mol. The van der Waals surface area contributed by atoms with Gasteiger partial charge in [0.05, 0.1) is 10.2 Å². The van der Waals surface area contributed by atoms with Crippen LogP contribution in [0.15, 0.2) is 51.9 Å². The molecule has 10 heteroatoms. The van der Waals surface area contributed by atoms with Crippen LogP contribution in [0.5, 0.6) is 0 Å². The summed E-state index contributed by atoms with van der Waals surface area (Å²) in [6, 6.07) is 13.4. The van der Waals surface area contributed by atoms with Gasteiger partial charge in [-0.25, -0.2) is 4.98 Å². The summed E-state index contributed by atoms with van der Waals surface area (Å²) >= 11 is 5.06. The monoisotopic (exact) mass is 542 g/mol. The molecule has 178 valence electrons. The summed E-state index contributed by atoms with van der Waals surface area (Å²) in [5, 5.41) is 13.0. The van der Waals surface area contributed by atoms with E-state index in [0.29, 0.717) is 30.9 Å². The normalized spacial score (nSPS) is 14.1. The first-order valence-corrected chi connectivity index (χ1v) is 12.8. The standard InChI is InChI=1S/C24H27BrN6O2S/c1-15(29-24-30-19-9-8-18(25)13-20(19)34-24)14-28-22(33)17-6-3-16(4-7-17)5-10-21(32)31-23-26-11-2-12-27-23/h3-4,6-9,13,15H,2,5,10-12,14H2,1H3,(H,28,33)(H,29,30)(H2,26,27,31,32)/t15-/m1/s1. The Morgan fingerprint density at radius 1 is 1.21 bits per heavy atom. The Kier molecular flexibility index (Phi) is 8.12. The molecule has 0 fully saturated rings.